The lowest BCUT2D eigenvalue weighted by molar-refractivity contribution is 0.0539. The SMILES string of the molecule is COc1ccc(-c2cccn2C(=O)OC(C)(C)C)cc1CC(=O)c1ccc(C(=O)O)cc1. The Morgan fingerprint density at radius 1 is 0.969 bits per heavy atom. The van der Waals surface area contributed by atoms with Crippen molar-refractivity contribution in [3.63, 3.8) is 0 Å². The van der Waals surface area contributed by atoms with E-state index in [0.717, 1.165) is 5.56 Å². The zero-order chi connectivity index (χ0) is 23.5. The van der Waals surface area contributed by atoms with E-state index in [4.69, 9.17) is 14.6 Å². The summed E-state index contributed by atoms with van der Waals surface area (Å²) < 4.78 is 12.3. The Balaban J connectivity index is 1.90. The normalized spacial score (nSPS) is 11.1. The highest BCUT2D eigenvalue weighted by molar-refractivity contribution is 5.99. The molecule has 0 atom stereocenters. The summed E-state index contributed by atoms with van der Waals surface area (Å²) >= 11 is 0. The van der Waals surface area contributed by atoms with E-state index < -0.39 is 17.7 Å². The van der Waals surface area contributed by atoms with Crippen LogP contribution in [0.15, 0.2) is 60.8 Å². The summed E-state index contributed by atoms with van der Waals surface area (Å²) in [7, 11) is 1.52. The zero-order valence-electron chi connectivity index (χ0n) is 18.4. The maximum absolute atomic E-state index is 12.8. The van der Waals surface area contributed by atoms with Gasteiger partial charge in [-0.05, 0) is 68.8 Å². The lowest BCUT2D eigenvalue weighted by Crippen LogP contribution is -2.27. The van der Waals surface area contributed by atoms with Gasteiger partial charge in [-0.2, -0.15) is 0 Å². The number of Topliss-reactive ketones (excluding diaryl/α,β-unsaturated/α-hetero) is 1. The molecule has 0 unspecified atom stereocenters. The third-order valence-electron chi connectivity index (χ3n) is 4.72. The zero-order valence-corrected chi connectivity index (χ0v) is 18.4. The van der Waals surface area contributed by atoms with Gasteiger partial charge in [0.2, 0.25) is 0 Å². The second kappa shape index (κ2) is 9.09. The molecule has 7 heteroatoms. The molecule has 0 fully saturated rings. The summed E-state index contributed by atoms with van der Waals surface area (Å²) in [6.45, 7) is 5.40. The Kier molecular flexibility index (Phi) is 6.48. The van der Waals surface area contributed by atoms with Crippen molar-refractivity contribution in [2.24, 2.45) is 0 Å². The fourth-order valence-electron chi connectivity index (χ4n) is 3.24. The maximum atomic E-state index is 12.8. The summed E-state index contributed by atoms with van der Waals surface area (Å²) in [4.78, 5) is 36.4. The third-order valence-corrected chi connectivity index (χ3v) is 4.72. The van der Waals surface area contributed by atoms with Gasteiger partial charge in [0.05, 0.1) is 18.4 Å². The first-order chi connectivity index (χ1) is 15.1. The number of hydrogen-bond donors (Lipinski definition) is 1. The second-order valence-corrected chi connectivity index (χ2v) is 8.25. The Labute approximate surface area is 186 Å². The average molecular weight is 435 g/mol. The molecule has 0 saturated heterocycles. The van der Waals surface area contributed by atoms with Crippen LogP contribution in [-0.2, 0) is 11.2 Å². The number of aromatic carboxylic acids is 1. The molecule has 2 aromatic carbocycles. The highest BCUT2D eigenvalue weighted by Crippen LogP contribution is 2.29. The van der Waals surface area contributed by atoms with E-state index in [1.165, 1.54) is 35.9 Å². The van der Waals surface area contributed by atoms with Crippen LogP contribution >= 0.6 is 0 Å². The Morgan fingerprint density at radius 3 is 2.22 bits per heavy atom. The molecule has 1 aromatic heterocycles. The summed E-state index contributed by atoms with van der Waals surface area (Å²) in [6.07, 6.45) is 1.18. The molecule has 166 valence electrons. The number of carboxylic acid groups (broad SMARTS) is 1. The maximum Gasteiger partial charge on any atom is 0.418 e. The van der Waals surface area contributed by atoms with Crippen LogP contribution < -0.4 is 4.74 Å². The van der Waals surface area contributed by atoms with Crippen molar-refractivity contribution >= 4 is 17.8 Å². The molecule has 0 bridgehead atoms. The number of rotatable bonds is 6. The Morgan fingerprint density at radius 2 is 1.62 bits per heavy atom. The highest BCUT2D eigenvalue weighted by atomic mass is 16.6. The molecule has 0 aliphatic rings. The minimum atomic E-state index is -1.05. The van der Waals surface area contributed by atoms with E-state index in [2.05, 4.69) is 0 Å². The smallest absolute Gasteiger partial charge is 0.418 e. The van der Waals surface area contributed by atoms with Gasteiger partial charge >= 0.3 is 12.1 Å². The first kappa shape index (κ1) is 22.8. The molecule has 0 spiro atoms. The van der Waals surface area contributed by atoms with Crippen molar-refractivity contribution < 1.29 is 29.0 Å². The molecule has 0 aliphatic carbocycles. The van der Waals surface area contributed by atoms with Crippen molar-refractivity contribution in [1.82, 2.24) is 4.57 Å². The van der Waals surface area contributed by atoms with E-state index in [1.54, 1.807) is 51.2 Å². The Bertz CT molecular complexity index is 1150. The highest BCUT2D eigenvalue weighted by Gasteiger charge is 2.21. The van der Waals surface area contributed by atoms with Gasteiger partial charge in [-0.25, -0.2) is 9.59 Å². The fraction of sp³-hybridized carbons (Fsp3) is 0.240. The van der Waals surface area contributed by atoms with Gasteiger partial charge < -0.3 is 14.6 Å². The van der Waals surface area contributed by atoms with E-state index in [1.807, 2.05) is 6.07 Å². The molecule has 0 radical (unpaired) electrons. The van der Waals surface area contributed by atoms with E-state index in [-0.39, 0.29) is 17.8 Å². The molecule has 0 saturated carbocycles. The van der Waals surface area contributed by atoms with E-state index in [0.29, 0.717) is 22.6 Å². The summed E-state index contributed by atoms with van der Waals surface area (Å²) in [6, 6.07) is 14.7. The number of carbonyl (C=O) groups excluding carboxylic acids is 2. The fourth-order valence-corrected chi connectivity index (χ4v) is 3.24. The number of benzene rings is 2. The predicted octanol–water partition coefficient (Wildman–Crippen LogP) is 5.07. The van der Waals surface area contributed by atoms with Crippen LogP contribution in [0, 0.1) is 0 Å². The molecule has 3 aromatic rings. The number of hydrogen-bond acceptors (Lipinski definition) is 5. The topological polar surface area (TPSA) is 94.8 Å². The number of ketones is 1. The molecule has 3 rings (SSSR count). The number of carbonyl (C=O) groups is 3. The predicted molar refractivity (Wildman–Crippen MR) is 119 cm³/mol. The summed E-state index contributed by atoms with van der Waals surface area (Å²) in [5.41, 5.74) is 1.89. The van der Waals surface area contributed by atoms with E-state index >= 15 is 0 Å². The van der Waals surface area contributed by atoms with Gasteiger partial charge in [0.25, 0.3) is 0 Å². The van der Waals surface area contributed by atoms with Gasteiger partial charge in [-0.15, -0.1) is 0 Å². The molecule has 0 aliphatic heterocycles. The summed E-state index contributed by atoms with van der Waals surface area (Å²) in [5.74, 6) is -0.689. The van der Waals surface area contributed by atoms with Crippen LogP contribution in [0.5, 0.6) is 5.75 Å². The van der Waals surface area contributed by atoms with Crippen molar-refractivity contribution in [3.05, 3.63) is 77.5 Å². The number of aromatic nitrogens is 1. The van der Waals surface area contributed by atoms with Gasteiger partial charge in [0.15, 0.2) is 5.78 Å². The van der Waals surface area contributed by atoms with Gasteiger partial charge in [-0.1, -0.05) is 12.1 Å². The first-order valence-corrected chi connectivity index (χ1v) is 10.0. The molecule has 7 nitrogen and oxygen atoms in total. The molecular formula is C25H25NO6. The molecule has 32 heavy (non-hydrogen) atoms. The van der Waals surface area contributed by atoms with Crippen LogP contribution in [0.2, 0.25) is 0 Å². The molecule has 1 N–H and O–H groups in total. The third kappa shape index (κ3) is 5.24. The first-order valence-electron chi connectivity index (χ1n) is 10.0. The van der Waals surface area contributed by atoms with Crippen LogP contribution in [0.4, 0.5) is 4.79 Å². The molecule has 0 amide bonds. The number of carboxylic acids is 1. The minimum absolute atomic E-state index is 0.0522. The molecule has 1 heterocycles. The van der Waals surface area contributed by atoms with Crippen LogP contribution in [0.25, 0.3) is 11.3 Å². The summed E-state index contributed by atoms with van der Waals surface area (Å²) in [5, 5.41) is 9.03. The average Bonchev–Trinajstić information content (AvgIpc) is 3.22. The number of ether oxygens (including phenoxy) is 2. The molecular weight excluding hydrogens is 410 g/mol. The van der Waals surface area contributed by atoms with Crippen molar-refractivity contribution in [2.45, 2.75) is 32.8 Å². The number of methoxy groups -OCH3 is 1. The van der Waals surface area contributed by atoms with Crippen molar-refractivity contribution in [2.75, 3.05) is 7.11 Å². The largest absolute Gasteiger partial charge is 0.496 e. The van der Waals surface area contributed by atoms with Crippen LogP contribution in [-0.4, -0.2) is 40.2 Å². The standard InChI is InChI=1S/C25H25NO6/c1-25(2,3)32-24(30)26-13-5-6-20(26)18-11-12-22(31-4)19(14-18)15-21(27)16-7-9-17(10-8-16)23(28)29/h5-14H,15H2,1-4H3,(H,28,29). The van der Waals surface area contributed by atoms with Gasteiger partial charge in [0.1, 0.15) is 11.4 Å². The van der Waals surface area contributed by atoms with Gasteiger partial charge in [-0.3, -0.25) is 9.36 Å². The van der Waals surface area contributed by atoms with Crippen molar-refractivity contribution in [3.8, 4) is 17.0 Å². The van der Waals surface area contributed by atoms with E-state index in [9.17, 15) is 14.4 Å². The second-order valence-electron chi connectivity index (χ2n) is 8.25. The lowest BCUT2D eigenvalue weighted by Gasteiger charge is -2.20. The minimum Gasteiger partial charge on any atom is -0.496 e. The number of nitrogens with zero attached hydrogens (tertiary/aromatic N) is 1. The monoisotopic (exact) mass is 435 g/mol. The van der Waals surface area contributed by atoms with Crippen molar-refractivity contribution in [1.29, 1.82) is 0 Å². The van der Waals surface area contributed by atoms with Crippen LogP contribution in [0.3, 0.4) is 0 Å². The van der Waals surface area contributed by atoms with Gasteiger partial charge in [0, 0.05) is 23.7 Å². The quantitative estimate of drug-likeness (QED) is 0.543. The van der Waals surface area contributed by atoms with Crippen LogP contribution in [0.1, 0.15) is 47.1 Å². The lowest BCUT2D eigenvalue weighted by atomic mass is 9.99. The Hall–Kier alpha value is -3.87.